The Morgan fingerprint density at radius 1 is 1.27 bits per heavy atom. The molecule has 0 radical (unpaired) electrons. The number of likely N-dealkylation sites (tertiary alicyclic amines) is 1. The molecule has 1 atom stereocenters. The van der Waals surface area contributed by atoms with Crippen LogP contribution in [0.5, 0.6) is 11.5 Å². The minimum absolute atomic E-state index is 0. The zero-order valence-corrected chi connectivity index (χ0v) is 13.4. The van der Waals surface area contributed by atoms with Crippen molar-refractivity contribution in [2.24, 2.45) is 5.73 Å². The summed E-state index contributed by atoms with van der Waals surface area (Å²) in [4.78, 5) is 14.9. The first kappa shape index (κ1) is 16.9. The number of nitrogens with two attached hydrogens (primary N) is 1. The van der Waals surface area contributed by atoms with Gasteiger partial charge in [-0.15, -0.1) is 12.4 Å². The van der Waals surface area contributed by atoms with Gasteiger partial charge in [0.25, 0.3) is 5.91 Å². The summed E-state index contributed by atoms with van der Waals surface area (Å²) in [5.41, 5.74) is 6.30. The topological polar surface area (TPSA) is 64.8 Å². The van der Waals surface area contributed by atoms with E-state index in [1.54, 1.807) is 0 Å². The first-order chi connectivity index (χ1) is 10.3. The first-order valence-corrected chi connectivity index (χ1v) is 7.71. The molecular formula is C16H23ClN2O3. The van der Waals surface area contributed by atoms with Crippen molar-refractivity contribution in [3.05, 3.63) is 23.8 Å². The van der Waals surface area contributed by atoms with Crippen LogP contribution < -0.4 is 15.2 Å². The molecule has 1 fully saturated rings. The van der Waals surface area contributed by atoms with Crippen LogP contribution in [-0.4, -0.2) is 43.2 Å². The van der Waals surface area contributed by atoms with E-state index in [2.05, 4.69) is 0 Å². The second-order valence-corrected chi connectivity index (χ2v) is 5.56. The molecule has 3 rings (SSSR count). The smallest absolute Gasteiger partial charge is 0.258 e. The van der Waals surface area contributed by atoms with E-state index in [0.717, 1.165) is 25.8 Å². The number of para-hydroxylation sites is 1. The Hall–Kier alpha value is -1.46. The molecule has 0 spiro atoms. The average molecular weight is 327 g/mol. The minimum atomic E-state index is 0. The quantitative estimate of drug-likeness (QED) is 0.925. The van der Waals surface area contributed by atoms with Crippen LogP contribution in [0.4, 0.5) is 0 Å². The van der Waals surface area contributed by atoms with Crippen LogP contribution in [0, 0.1) is 0 Å². The van der Waals surface area contributed by atoms with Crippen LogP contribution in [0.1, 0.15) is 36.0 Å². The van der Waals surface area contributed by atoms with Crippen LogP contribution in [0.3, 0.4) is 0 Å². The Morgan fingerprint density at radius 3 is 2.91 bits per heavy atom. The highest BCUT2D eigenvalue weighted by atomic mass is 35.5. The number of hydrogen-bond acceptors (Lipinski definition) is 4. The molecule has 2 heterocycles. The van der Waals surface area contributed by atoms with E-state index < -0.39 is 0 Å². The fraction of sp³-hybridized carbons (Fsp3) is 0.562. The summed E-state index contributed by atoms with van der Waals surface area (Å²) in [5.74, 6) is 1.29. The van der Waals surface area contributed by atoms with Crippen LogP contribution >= 0.6 is 12.4 Å². The highest BCUT2D eigenvalue weighted by Gasteiger charge is 2.30. The van der Waals surface area contributed by atoms with Gasteiger partial charge in [-0.05, 0) is 44.4 Å². The Labute approximate surface area is 137 Å². The van der Waals surface area contributed by atoms with Gasteiger partial charge in [0.2, 0.25) is 0 Å². The van der Waals surface area contributed by atoms with Gasteiger partial charge in [-0.2, -0.15) is 0 Å². The maximum Gasteiger partial charge on any atom is 0.258 e. The summed E-state index contributed by atoms with van der Waals surface area (Å²) in [6, 6.07) is 5.77. The van der Waals surface area contributed by atoms with Gasteiger partial charge in [0.1, 0.15) is 13.2 Å². The standard InChI is InChI=1S/C16H22N2O3.ClH/c17-8-7-12-4-1-2-9-18(12)16(19)13-5-3-6-14-15(13)21-11-10-20-14;/h3,5-6,12H,1-2,4,7-11,17H2;1H. The van der Waals surface area contributed by atoms with Gasteiger partial charge in [0, 0.05) is 12.6 Å². The fourth-order valence-corrected chi connectivity index (χ4v) is 3.16. The fourth-order valence-electron chi connectivity index (χ4n) is 3.16. The monoisotopic (exact) mass is 326 g/mol. The normalized spacial score (nSPS) is 20.2. The Balaban J connectivity index is 0.00000176. The lowest BCUT2D eigenvalue weighted by molar-refractivity contribution is 0.0595. The molecule has 1 unspecified atom stereocenters. The predicted molar refractivity (Wildman–Crippen MR) is 87.0 cm³/mol. The average Bonchev–Trinajstić information content (AvgIpc) is 2.54. The zero-order chi connectivity index (χ0) is 14.7. The highest BCUT2D eigenvalue weighted by molar-refractivity contribution is 5.98. The summed E-state index contributed by atoms with van der Waals surface area (Å²) in [6.07, 6.45) is 4.12. The molecule has 2 N–H and O–H groups in total. The lowest BCUT2D eigenvalue weighted by atomic mass is 9.98. The van der Waals surface area contributed by atoms with Crippen LogP contribution in [0.2, 0.25) is 0 Å². The zero-order valence-electron chi connectivity index (χ0n) is 12.6. The summed E-state index contributed by atoms with van der Waals surface area (Å²) in [6.45, 7) is 2.43. The van der Waals surface area contributed by atoms with E-state index in [9.17, 15) is 4.79 Å². The number of hydrogen-bond donors (Lipinski definition) is 1. The van der Waals surface area contributed by atoms with Crippen molar-refractivity contribution in [2.75, 3.05) is 26.3 Å². The number of benzene rings is 1. The number of halogens is 1. The van der Waals surface area contributed by atoms with Gasteiger partial charge in [-0.3, -0.25) is 4.79 Å². The van der Waals surface area contributed by atoms with Gasteiger partial charge in [-0.25, -0.2) is 0 Å². The number of amides is 1. The third-order valence-electron chi connectivity index (χ3n) is 4.18. The molecule has 122 valence electrons. The first-order valence-electron chi connectivity index (χ1n) is 7.71. The summed E-state index contributed by atoms with van der Waals surface area (Å²) in [7, 11) is 0. The second kappa shape index (κ2) is 7.70. The van der Waals surface area contributed by atoms with Gasteiger partial charge in [0.05, 0.1) is 5.56 Å². The highest BCUT2D eigenvalue weighted by Crippen LogP contribution is 2.35. The van der Waals surface area contributed by atoms with E-state index in [4.69, 9.17) is 15.2 Å². The summed E-state index contributed by atoms with van der Waals surface area (Å²) in [5, 5.41) is 0. The third kappa shape index (κ3) is 3.31. The van der Waals surface area contributed by atoms with Crippen molar-refractivity contribution in [3.8, 4) is 11.5 Å². The number of fused-ring (bicyclic) bond motifs is 1. The van der Waals surface area contributed by atoms with Crippen LogP contribution in [0.15, 0.2) is 18.2 Å². The minimum Gasteiger partial charge on any atom is -0.486 e. The summed E-state index contributed by atoms with van der Waals surface area (Å²) < 4.78 is 11.2. The van der Waals surface area contributed by atoms with Crippen LogP contribution in [-0.2, 0) is 0 Å². The number of carbonyl (C=O) groups is 1. The van der Waals surface area contributed by atoms with Gasteiger partial charge >= 0.3 is 0 Å². The second-order valence-electron chi connectivity index (χ2n) is 5.56. The number of rotatable bonds is 3. The van der Waals surface area contributed by atoms with Crippen molar-refractivity contribution >= 4 is 18.3 Å². The molecule has 1 amide bonds. The molecular weight excluding hydrogens is 304 g/mol. The molecule has 0 aromatic heterocycles. The van der Waals surface area contributed by atoms with E-state index >= 15 is 0 Å². The maximum absolute atomic E-state index is 12.9. The molecule has 22 heavy (non-hydrogen) atoms. The van der Waals surface area contributed by atoms with Crippen molar-refractivity contribution < 1.29 is 14.3 Å². The van der Waals surface area contributed by atoms with Gasteiger partial charge in [-0.1, -0.05) is 6.07 Å². The van der Waals surface area contributed by atoms with Gasteiger partial charge in [0.15, 0.2) is 11.5 Å². The number of carbonyl (C=O) groups excluding carboxylic acids is 1. The molecule has 1 aromatic rings. The van der Waals surface area contributed by atoms with Crippen molar-refractivity contribution in [2.45, 2.75) is 31.7 Å². The van der Waals surface area contributed by atoms with E-state index in [0.29, 0.717) is 36.8 Å². The van der Waals surface area contributed by atoms with Crippen LogP contribution in [0.25, 0.3) is 0 Å². The summed E-state index contributed by atoms with van der Waals surface area (Å²) >= 11 is 0. The number of nitrogens with zero attached hydrogens (tertiary/aromatic N) is 1. The van der Waals surface area contributed by atoms with Crippen molar-refractivity contribution in [3.63, 3.8) is 0 Å². The maximum atomic E-state index is 12.9. The molecule has 0 bridgehead atoms. The molecule has 2 aliphatic heterocycles. The third-order valence-corrected chi connectivity index (χ3v) is 4.18. The number of ether oxygens (including phenoxy) is 2. The Morgan fingerprint density at radius 2 is 2.09 bits per heavy atom. The lowest BCUT2D eigenvalue weighted by Gasteiger charge is -2.36. The molecule has 1 aromatic carbocycles. The SMILES string of the molecule is Cl.NCCC1CCCCN1C(=O)c1cccc2c1OCCO2. The molecule has 0 aliphatic carbocycles. The van der Waals surface area contributed by atoms with Gasteiger partial charge < -0.3 is 20.1 Å². The molecule has 0 saturated carbocycles. The predicted octanol–water partition coefficient (Wildman–Crippen LogP) is 2.22. The van der Waals surface area contributed by atoms with Crippen molar-refractivity contribution in [1.82, 2.24) is 4.90 Å². The number of piperidine rings is 1. The van der Waals surface area contributed by atoms with E-state index in [-0.39, 0.29) is 24.4 Å². The van der Waals surface area contributed by atoms with Crippen molar-refractivity contribution in [1.29, 1.82) is 0 Å². The lowest BCUT2D eigenvalue weighted by Crippen LogP contribution is -2.44. The molecule has 5 nitrogen and oxygen atoms in total. The Kier molecular flexibility index (Phi) is 5.91. The van der Waals surface area contributed by atoms with E-state index in [1.165, 1.54) is 6.42 Å². The van der Waals surface area contributed by atoms with E-state index in [1.807, 2.05) is 23.1 Å². The molecule has 6 heteroatoms. The molecule has 1 saturated heterocycles. The molecule has 2 aliphatic rings. The largest absolute Gasteiger partial charge is 0.486 e. The Bertz CT molecular complexity index is 522.